The third-order valence-corrected chi connectivity index (χ3v) is 3.43. The van der Waals surface area contributed by atoms with Gasteiger partial charge in [-0.2, -0.15) is 0 Å². The summed E-state index contributed by atoms with van der Waals surface area (Å²) in [6, 6.07) is 14.1. The zero-order valence-corrected chi connectivity index (χ0v) is 11.9. The van der Waals surface area contributed by atoms with E-state index in [1.54, 1.807) is 12.1 Å². The Balaban J connectivity index is 2.26. The van der Waals surface area contributed by atoms with E-state index >= 15 is 0 Å². The van der Waals surface area contributed by atoms with Gasteiger partial charge in [-0.05, 0) is 44.0 Å². The lowest BCUT2D eigenvalue weighted by Crippen LogP contribution is -2.35. The lowest BCUT2D eigenvalue weighted by Gasteiger charge is -2.24. The SMILES string of the molecule is Cc1ccc(F)c(NC(=O)C(C)(C)c2ccccc2)c1. The number of aryl methyl sites for hydroxylation is 1. The van der Waals surface area contributed by atoms with Crippen molar-refractivity contribution >= 4 is 11.6 Å². The molecule has 0 fully saturated rings. The van der Waals surface area contributed by atoms with Gasteiger partial charge in [0.15, 0.2) is 0 Å². The van der Waals surface area contributed by atoms with Crippen LogP contribution in [0, 0.1) is 12.7 Å². The third-order valence-electron chi connectivity index (χ3n) is 3.43. The van der Waals surface area contributed by atoms with Crippen molar-refractivity contribution in [1.29, 1.82) is 0 Å². The van der Waals surface area contributed by atoms with Crippen molar-refractivity contribution in [3.05, 3.63) is 65.5 Å². The molecule has 104 valence electrons. The van der Waals surface area contributed by atoms with Crippen molar-refractivity contribution in [1.82, 2.24) is 0 Å². The van der Waals surface area contributed by atoms with Crippen LogP contribution in [0.5, 0.6) is 0 Å². The Hall–Kier alpha value is -2.16. The van der Waals surface area contributed by atoms with Crippen molar-refractivity contribution in [3.8, 4) is 0 Å². The number of halogens is 1. The highest BCUT2D eigenvalue weighted by atomic mass is 19.1. The Labute approximate surface area is 118 Å². The summed E-state index contributed by atoms with van der Waals surface area (Å²) in [7, 11) is 0. The van der Waals surface area contributed by atoms with Gasteiger partial charge in [-0.3, -0.25) is 4.79 Å². The summed E-state index contributed by atoms with van der Waals surface area (Å²) in [4.78, 5) is 12.4. The molecule has 0 heterocycles. The largest absolute Gasteiger partial charge is 0.323 e. The number of amides is 1. The fourth-order valence-corrected chi connectivity index (χ4v) is 2.00. The first-order valence-corrected chi connectivity index (χ1v) is 6.54. The van der Waals surface area contributed by atoms with E-state index in [0.717, 1.165) is 11.1 Å². The van der Waals surface area contributed by atoms with Gasteiger partial charge in [0.05, 0.1) is 11.1 Å². The summed E-state index contributed by atoms with van der Waals surface area (Å²) in [5.41, 5.74) is 1.29. The molecule has 3 heteroatoms. The molecule has 1 N–H and O–H groups in total. The highest BCUT2D eigenvalue weighted by Gasteiger charge is 2.30. The number of carbonyl (C=O) groups is 1. The van der Waals surface area contributed by atoms with E-state index < -0.39 is 11.2 Å². The van der Waals surface area contributed by atoms with Crippen LogP contribution in [0.25, 0.3) is 0 Å². The Morgan fingerprint density at radius 3 is 2.40 bits per heavy atom. The quantitative estimate of drug-likeness (QED) is 0.896. The van der Waals surface area contributed by atoms with Crippen LogP contribution in [0.3, 0.4) is 0 Å². The van der Waals surface area contributed by atoms with E-state index in [1.165, 1.54) is 6.07 Å². The minimum absolute atomic E-state index is 0.221. The second-order valence-electron chi connectivity index (χ2n) is 5.43. The molecule has 0 aliphatic rings. The van der Waals surface area contributed by atoms with Crippen molar-refractivity contribution in [2.75, 3.05) is 5.32 Å². The van der Waals surface area contributed by atoms with Crippen LogP contribution in [0.15, 0.2) is 48.5 Å². The fourth-order valence-electron chi connectivity index (χ4n) is 2.00. The zero-order chi connectivity index (χ0) is 14.8. The molecular weight excluding hydrogens is 253 g/mol. The maximum Gasteiger partial charge on any atom is 0.234 e. The molecule has 2 rings (SSSR count). The maximum atomic E-state index is 13.7. The fraction of sp³-hybridized carbons (Fsp3) is 0.235. The Morgan fingerprint density at radius 2 is 1.75 bits per heavy atom. The molecule has 0 aliphatic carbocycles. The van der Waals surface area contributed by atoms with Crippen LogP contribution < -0.4 is 5.32 Å². The van der Waals surface area contributed by atoms with Crippen LogP contribution >= 0.6 is 0 Å². The number of anilines is 1. The topological polar surface area (TPSA) is 29.1 Å². The molecule has 2 aromatic rings. The molecule has 0 atom stereocenters. The smallest absolute Gasteiger partial charge is 0.234 e. The average Bonchev–Trinajstić information content (AvgIpc) is 2.43. The van der Waals surface area contributed by atoms with Crippen molar-refractivity contribution < 1.29 is 9.18 Å². The number of carbonyl (C=O) groups excluding carboxylic acids is 1. The van der Waals surface area contributed by atoms with Crippen molar-refractivity contribution in [3.63, 3.8) is 0 Å². The summed E-state index contributed by atoms with van der Waals surface area (Å²) in [5.74, 6) is -0.652. The van der Waals surface area contributed by atoms with Gasteiger partial charge >= 0.3 is 0 Å². The predicted molar refractivity (Wildman–Crippen MR) is 79.2 cm³/mol. The molecule has 0 saturated carbocycles. The van der Waals surface area contributed by atoms with Gasteiger partial charge in [0.2, 0.25) is 5.91 Å². The molecule has 0 aromatic heterocycles. The molecule has 1 amide bonds. The van der Waals surface area contributed by atoms with Gasteiger partial charge in [-0.25, -0.2) is 4.39 Å². The number of rotatable bonds is 3. The van der Waals surface area contributed by atoms with Crippen LogP contribution in [-0.2, 0) is 10.2 Å². The van der Waals surface area contributed by atoms with E-state index in [9.17, 15) is 9.18 Å². The Morgan fingerprint density at radius 1 is 1.10 bits per heavy atom. The normalized spacial score (nSPS) is 11.2. The van der Waals surface area contributed by atoms with Crippen molar-refractivity contribution in [2.45, 2.75) is 26.2 Å². The van der Waals surface area contributed by atoms with E-state index in [4.69, 9.17) is 0 Å². The standard InChI is InChI=1S/C17H18FNO/c1-12-9-10-14(18)15(11-12)19-16(20)17(2,3)13-7-5-4-6-8-13/h4-11H,1-3H3,(H,19,20). The monoisotopic (exact) mass is 271 g/mol. The van der Waals surface area contributed by atoms with Gasteiger partial charge < -0.3 is 5.32 Å². The van der Waals surface area contributed by atoms with Crippen LogP contribution in [0.4, 0.5) is 10.1 Å². The summed E-state index contributed by atoms with van der Waals surface area (Å²) in [6.45, 7) is 5.51. The minimum atomic E-state index is -0.725. The number of nitrogens with one attached hydrogen (secondary N) is 1. The first kappa shape index (κ1) is 14.3. The minimum Gasteiger partial charge on any atom is -0.323 e. The second kappa shape index (κ2) is 5.45. The van der Waals surface area contributed by atoms with Crippen LogP contribution in [0.2, 0.25) is 0 Å². The Kier molecular flexibility index (Phi) is 3.89. The highest BCUT2D eigenvalue weighted by molar-refractivity contribution is 5.98. The Bertz CT molecular complexity index is 620. The number of benzene rings is 2. The lowest BCUT2D eigenvalue weighted by atomic mass is 9.83. The molecule has 2 nitrogen and oxygen atoms in total. The van der Waals surface area contributed by atoms with Gasteiger partial charge in [0.1, 0.15) is 5.82 Å². The molecule has 0 unspecified atom stereocenters. The average molecular weight is 271 g/mol. The third kappa shape index (κ3) is 2.87. The molecule has 2 aromatic carbocycles. The van der Waals surface area contributed by atoms with Gasteiger partial charge in [-0.15, -0.1) is 0 Å². The van der Waals surface area contributed by atoms with E-state index in [-0.39, 0.29) is 11.6 Å². The van der Waals surface area contributed by atoms with Gasteiger partial charge in [-0.1, -0.05) is 36.4 Å². The first-order chi connectivity index (χ1) is 9.41. The summed E-state index contributed by atoms with van der Waals surface area (Å²) < 4.78 is 13.7. The van der Waals surface area contributed by atoms with E-state index in [1.807, 2.05) is 51.1 Å². The first-order valence-electron chi connectivity index (χ1n) is 6.54. The highest BCUT2D eigenvalue weighted by Crippen LogP contribution is 2.26. The molecule has 0 bridgehead atoms. The molecule has 0 radical (unpaired) electrons. The van der Waals surface area contributed by atoms with Crippen LogP contribution in [-0.4, -0.2) is 5.91 Å². The van der Waals surface area contributed by atoms with E-state index in [0.29, 0.717) is 0 Å². The zero-order valence-electron chi connectivity index (χ0n) is 11.9. The molecule has 0 aliphatic heterocycles. The predicted octanol–water partition coefficient (Wildman–Crippen LogP) is 4.05. The molecule has 20 heavy (non-hydrogen) atoms. The number of hydrogen-bond donors (Lipinski definition) is 1. The summed E-state index contributed by atoms with van der Waals surface area (Å²) >= 11 is 0. The molecular formula is C17H18FNO. The molecule has 0 spiro atoms. The molecule has 0 saturated heterocycles. The van der Waals surface area contributed by atoms with Gasteiger partial charge in [0.25, 0.3) is 0 Å². The second-order valence-corrected chi connectivity index (χ2v) is 5.43. The van der Waals surface area contributed by atoms with Gasteiger partial charge in [0, 0.05) is 0 Å². The number of hydrogen-bond acceptors (Lipinski definition) is 1. The summed E-state index contributed by atoms with van der Waals surface area (Å²) in [5, 5.41) is 2.68. The maximum absolute atomic E-state index is 13.7. The van der Waals surface area contributed by atoms with Crippen molar-refractivity contribution in [2.24, 2.45) is 0 Å². The van der Waals surface area contributed by atoms with E-state index in [2.05, 4.69) is 5.32 Å². The summed E-state index contributed by atoms with van der Waals surface area (Å²) in [6.07, 6.45) is 0. The van der Waals surface area contributed by atoms with Crippen LogP contribution in [0.1, 0.15) is 25.0 Å². The lowest BCUT2D eigenvalue weighted by molar-refractivity contribution is -0.120.